The van der Waals surface area contributed by atoms with Crippen LogP contribution in [0.1, 0.15) is 17.0 Å². The highest BCUT2D eigenvalue weighted by Gasteiger charge is 2.34. The number of amides is 2. The van der Waals surface area contributed by atoms with Crippen LogP contribution in [0.3, 0.4) is 0 Å². The molecule has 5 heteroatoms. The first kappa shape index (κ1) is 16.1. The number of ether oxygens (including phenoxy) is 2. The lowest BCUT2D eigenvalue weighted by Gasteiger charge is -2.21. The summed E-state index contributed by atoms with van der Waals surface area (Å²) in [5.74, 6) is 0.0721. The van der Waals surface area contributed by atoms with Gasteiger partial charge in [-0.25, -0.2) is 9.69 Å². The molecule has 2 aromatic rings. The summed E-state index contributed by atoms with van der Waals surface area (Å²) in [5.41, 5.74) is 1.86. The second kappa shape index (κ2) is 7.17. The molecule has 1 unspecified atom stereocenters. The van der Waals surface area contributed by atoms with Crippen LogP contribution in [-0.4, -0.2) is 37.2 Å². The quantitative estimate of drug-likeness (QED) is 0.848. The van der Waals surface area contributed by atoms with E-state index in [1.807, 2.05) is 54.6 Å². The van der Waals surface area contributed by atoms with Crippen LogP contribution >= 0.6 is 0 Å². The largest absolute Gasteiger partial charge is 0.497 e. The summed E-state index contributed by atoms with van der Waals surface area (Å²) in [6, 6.07) is 17.1. The number of carbonyl (C=O) groups excluding carboxylic acids is 2. The van der Waals surface area contributed by atoms with Crippen LogP contribution in [0, 0.1) is 0 Å². The molecule has 1 aliphatic rings. The molecule has 24 heavy (non-hydrogen) atoms. The van der Waals surface area contributed by atoms with Crippen LogP contribution in [0.15, 0.2) is 54.6 Å². The summed E-state index contributed by atoms with van der Waals surface area (Å²) in [7, 11) is 1.61. The molecular formula is C19H19NO4. The third-order valence-corrected chi connectivity index (χ3v) is 4.10. The number of nitrogens with zero attached hydrogens (tertiary/aromatic N) is 1. The van der Waals surface area contributed by atoms with E-state index in [1.165, 1.54) is 4.90 Å². The van der Waals surface area contributed by atoms with Gasteiger partial charge in [0.1, 0.15) is 12.4 Å². The Bertz CT molecular complexity index is 729. The fourth-order valence-corrected chi connectivity index (χ4v) is 2.85. The first-order valence-electron chi connectivity index (χ1n) is 7.85. The molecule has 0 saturated carbocycles. The summed E-state index contributed by atoms with van der Waals surface area (Å²) in [6.45, 7) is 0.560. The van der Waals surface area contributed by atoms with Crippen LogP contribution in [0.5, 0.6) is 5.75 Å². The predicted molar refractivity (Wildman–Crippen MR) is 88.9 cm³/mol. The van der Waals surface area contributed by atoms with Crippen molar-refractivity contribution in [2.24, 2.45) is 0 Å². The second-order valence-electron chi connectivity index (χ2n) is 5.62. The molecule has 1 fully saturated rings. The zero-order chi connectivity index (χ0) is 16.9. The van der Waals surface area contributed by atoms with Crippen molar-refractivity contribution in [1.82, 2.24) is 4.90 Å². The lowest BCUT2D eigenvalue weighted by molar-refractivity contribution is -0.129. The fourth-order valence-electron chi connectivity index (χ4n) is 2.85. The molecule has 124 valence electrons. The topological polar surface area (TPSA) is 55.8 Å². The summed E-state index contributed by atoms with van der Waals surface area (Å²) >= 11 is 0. The van der Waals surface area contributed by atoms with Gasteiger partial charge in [0.2, 0.25) is 5.91 Å². The maximum absolute atomic E-state index is 12.9. The van der Waals surface area contributed by atoms with Gasteiger partial charge in [-0.2, -0.15) is 0 Å². The monoisotopic (exact) mass is 325 g/mol. The Morgan fingerprint density at radius 2 is 2.00 bits per heavy atom. The lowest BCUT2D eigenvalue weighted by Crippen LogP contribution is -2.36. The van der Waals surface area contributed by atoms with Crippen LogP contribution < -0.4 is 4.74 Å². The molecule has 1 saturated heterocycles. The molecule has 0 bridgehead atoms. The van der Waals surface area contributed by atoms with Gasteiger partial charge in [0, 0.05) is 0 Å². The standard InChI is InChI=1S/C19H19NO4/c1-23-16-9-5-6-14(12-16)13-17(15-7-3-2-4-8-15)18(21)20-10-11-24-19(20)22/h2-9,12,17H,10-11,13H2,1H3. The van der Waals surface area contributed by atoms with Gasteiger partial charge in [-0.1, -0.05) is 42.5 Å². The summed E-state index contributed by atoms with van der Waals surface area (Å²) in [6.07, 6.45) is -0.0735. The molecule has 2 aromatic carbocycles. The SMILES string of the molecule is COc1cccc(CC(C(=O)N2CCOC2=O)c2ccccc2)c1. The van der Waals surface area contributed by atoms with Gasteiger partial charge in [-0.3, -0.25) is 4.79 Å². The van der Waals surface area contributed by atoms with Crippen molar-refractivity contribution in [2.45, 2.75) is 12.3 Å². The van der Waals surface area contributed by atoms with E-state index >= 15 is 0 Å². The fraction of sp³-hybridized carbons (Fsp3) is 0.263. The molecule has 1 heterocycles. The van der Waals surface area contributed by atoms with Crippen LogP contribution in [0.2, 0.25) is 0 Å². The van der Waals surface area contributed by atoms with E-state index in [4.69, 9.17) is 9.47 Å². The van der Waals surface area contributed by atoms with Crippen molar-refractivity contribution in [1.29, 1.82) is 0 Å². The summed E-state index contributed by atoms with van der Waals surface area (Å²) in [4.78, 5) is 25.9. The minimum Gasteiger partial charge on any atom is -0.497 e. The smallest absolute Gasteiger partial charge is 0.416 e. The molecule has 0 aromatic heterocycles. The minimum absolute atomic E-state index is 0.230. The van der Waals surface area contributed by atoms with Crippen molar-refractivity contribution in [3.05, 3.63) is 65.7 Å². The highest BCUT2D eigenvalue weighted by Crippen LogP contribution is 2.26. The van der Waals surface area contributed by atoms with E-state index in [0.717, 1.165) is 16.9 Å². The minimum atomic E-state index is -0.563. The molecule has 0 N–H and O–H groups in total. The number of rotatable bonds is 5. The molecular weight excluding hydrogens is 306 g/mol. The molecule has 5 nitrogen and oxygen atoms in total. The highest BCUT2D eigenvalue weighted by molar-refractivity contribution is 5.96. The van der Waals surface area contributed by atoms with E-state index in [9.17, 15) is 9.59 Å². The zero-order valence-corrected chi connectivity index (χ0v) is 13.5. The van der Waals surface area contributed by atoms with E-state index in [1.54, 1.807) is 7.11 Å². The van der Waals surface area contributed by atoms with Crippen molar-refractivity contribution in [3.8, 4) is 5.75 Å². The van der Waals surface area contributed by atoms with Gasteiger partial charge in [-0.15, -0.1) is 0 Å². The molecule has 3 rings (SSSR count). The maximum Gasteiger partial charge on any atom is 0.416 e. The number of imide groups is 1. The van der Waals surface area contributed by atoms with Crippen molar-refractivity contribution in [2.75, 3.05) is 20.3 Å². The van der Waals surface area contributed by atoms with Gasteiger partial charge in [0.25, 0.3) is 0 Å². The number of carbonyl (C=O) groups is 2. The van der Waals surface area contributed by atoms with Crippen LogP contribution in [-0.2, 0) is 16.0 Å². The number of hydrogen-bond donors (Lipinski definition) is 0. The Labute approximate surface area is 140 Å². The van der Waals surface area contributed by atoms with Crippen LogP contribution in [0.25, 0.3) is 0 Å². The first-order chi connectivity index (χ1) is 11.7. The van der Waals surface area contributed by atoms with Crippen molar-refractivity contribution in [3.63, 3.8) is 0 Å². The van der Waals surface area contributed by atoms with Crippen molar-refractivity contribution >= 4 is 12.0 Å². The normalized spacial score (nSPS) is 15.0. The Balaban J connectivity index is 1.90. The number of methoxy groups -OCH3 is 1. The van der Waals surface area contributed by atoms with E-state index < -0.39 is 12.0 Å². The first-order valence-corrected chi connectivity index (χ1v) is 7.85. The van der Waals surface area contributed by atoms with E-state index in [-0.39, 0.29) is 12.5 Å². The van der Waals surface area contributed by atoms with Gasteiger partial charge in [0.15, 0.2) is 0 Å². The molecule has 0 radical (unpaired) electrons. The number of cyclic esters (lactones) is 1. The average Bonchev–Trinajstić information content (AvgIpc) is 3.06. The Kier molecular flexibility index (Phi) is 4.79. The summed E-state index contributed by atoms with van der Waals surface area (Å²) in [5, 5.41) is 0. The van der Waals surface area contributed by atoms with Gasteiger partial charge in [0.05, 0.1) is 19.6 Å². The Morgan fingerprint density at radius 3 is 2.67 bits per heavy atom. The molecule has 1 atom stereocenters. The number of benzene rings is 2. The highest BCUT2D eigenvalue weighted by atomic mass is 16.6. The van der Waals surface area contributed by atoms with Crippen LogP contribution in [0.4, 0.5) is 4.79 Å². The number of hydrogen-bond acceptors (Lipinski definition) is 4. The third-order valence-electron chi connectivity index (χ3n) is 4.10. The maximum atomic E-state index is 12.9. The Hall–Kier alpha value is -2.82. The molecule has 1 aliphatic heterocycles. The van der Waals surface area contributed by atoms with E-state index in [2.05, 4.69) is 0 Å². The molecule has 0 spiro atoms. The second-order valence-corrected chi connectivity index (χ2v) is 5.62. The van der Waals surface area contributed by atoms with E-state index in [0.29, 0.717) is 13.0 Å². The van der Waals surface area contributed by atoms with Crippen molar-refractivity contribution < 1.29 is 19.1 Å². The average molecular weight is 325 g/mol. The lowest BCUT2D eigenvalue weighted by atomic mass is 9.90. The zero-order valence-electron chi connectivity index (χ0n) is 13.5. The molecule has 0 aliphatic carbocycles. The Morgan fingerprint density at radius 1 is 1.21 bits per heavy atom. The summed E-state index contributed by atoms with van der Waals surface area (Å²) < 4.78 is 10.2. The molecule has 2 amide bonds. The third kappa shape index (κ3) is 3.40. The van der Waals surface area contributed by atoms with Gasteiger partial charge < -0.3 is 9.47 Å². The predicted octanol–water partition coefficient (Wildman–Crippen LogP) is 3.00. The van der Waals surface area contributed by atoms with Gasteiger partial charge >= 0.3 is 6.09 Å². The van der Waals surface area contributed by atoms with Gasteiger partial charge in [-0.05, 0) is 29.7 Å².